The molecule has 0 aliphatic rings. The van der Waals surface area contributed by atoms with Gasteiger partial charge in [-0.25, -0.2) is 13.9 Å². The first-order chi connectivity index (χ1) is 16.6. The van der Waals surface area contributed by atoms with Gasteiger partial charge in [0.1, 0.15) is 6.54 Å². The molecule has 0 saturated carbocycles. The lowest BCUT2D eigenvalue weighted by Gasteiger charge is -2.13. The molecule has 0 aliphatic carbocycles. The van der Waals surface area contributed by atoms with Crippen LogP contribution in [-0.4, -0.2) is 37.0 Å². The quantitative estimate of drug-likeness (QED) is 0.414. The number of rotatable bonds is 7. The van der Waals surface area contributed by atoms with Gasteiger partial charge in [-0.05, 0) is 44.9 Å². The number of benzene rings is 2. The Kier molecular flexibility index (Phi) is 6.43. The molecular formula is C26H29N5O4. The van der Waals surface area contributed by atoms with Crippen molar-refractivity contribution in [1.29, 1.82) is 0 Å². The highest BCUT2D eigenvalue weighted by Crippen LogP contribution is 2.17. The molecule has 0 fully saturated rings. The summed E-state index contributed by atoms with van der Waals surface area (Å²) in [5.41, 5.74) is 1.22. The van der Waals surface area contributed by atoms with Crippen LogP contribution in [0.2, 0.25) is 0 Å². The molecule has 2 aromatic carbocycles. The van der Waals surface area contributed by atoms with Crippen molar-refractivity contribution in [3.63, 3.8) is 0 Å². The van der Waals surface area contributed by atoms with Crippen LogP contribution in [-0.2, 0) is 6.54 Å². The first-order valence-corrected chi connectivity index (χ1v) is 11.6. The fourth-order valence-corrected chi connectivity index (χ4v) is 3.96. The molecule has 9 nitrogen and oxygen atoms in total. The van der Waals surface area contributed by atoms with E-state index in [1.54, 1.807) is 24.3 Å². The van der Waals surface area contributed by atoms with Crippen molar-refractivity contribution in [3.8, 4) is 0 Å². The highest BCUT2D eigenvalue weighted by molar-refractivity contribution is 5.98. The predicted molar refractivity (Wildman–Crippen MR) is 134 cm³/mol. The second kappa shape index (κ2) is 9.32. The van der Waals surface area contributed by atoms with E-state index < -0.39 is 5.69 Å². The van der Waals surface area contributed by atoms with Crippen LogP contribution in [0.25, 0.3) is 16.7 Å². The summed E-state index contributed by atoms with van der Waals surface area (Å²) in [6, 6.07) is 11.4. The molecule has 182 valence electrons. The van der Waals surface area contributed by atoms with E-state index in [9.17, 15) is 19.2 Å². The van der Waals surface area contributed by atoms with E-state index in [1.807, 2.05) is 46.8 Å². The van der Waals surface area contributed by atoms with Gasteiger partial charge >= 0.3 is 5.69 Å². The van der Waals surface area contributed by atoms with Crippen LogP contribution in [0.5, 0.6) is 0 Å². The third kappa shape index (κ3) is 4.53. The van der Waals surface area contributed by atoms with Gasteiger partial charge in [0.15, 0.2) is 5.78 Å². The summed E-state index contributed by atoms with van der Waals surface area (Å²) in [6.07, 6.45) is 0. The van der Waals surface area contributed by atoms with Crippen LogP contribution in [0.1, 0.15) is 60.0 Å². The molecule has 2 heterocycles. The average Bonchev–Trinajstić information content (AvgIpc) is 3.12. The number of amides is 1. The summed E-state index contributed by atoms with van der Waals surface area (Å²) in [5, 5.41) is 7.51. The van der Waals surface area contributed by atoms with Crippen LogP contribution >= 0.6 is 0 Å². The molecular weight excluding hydrogens is 446 g/mol. The number of carbonyl (C=O) groups excluding carboxylic acids is 2. The van der Waals surface area contributed by atoms with E-state index in [0.29, 0.717) is 17.7 Å². The van der Waals surface area contributed by atoms with Gasteiger partial charge in [0.05, 0.1) is 10.9 Å². The van der Waals surface area contributed by atoms with Crippen molar-refractivity contribution in [2.75, 3.05) is 6.54 Å². The number of Topliss-reactive ketones (excluding diaryl/α,β-unsaturated/α-hetero) is 1. The van der Waals surface area contributed by atoms with Crippen molar-refractivity contribution in [1.82, 2.24) is 24.1 Å². The van der Waals surface area contributed by atoms with Crippen molar-refractivity contribution in [3.05, 3.63) is 80.0 Å². The van der Waals surface area contributed by atoms with Gasteiger partial charge in [0, 0.05) is 23.7 Å². The first-order valence-electron chi connectivity index (χ1n) is 11.6. The molecule has 0 bridgehead atoms. The Morgan fingerprint density at radius 1 is 0.971 bits per heavy atom. The minimum atomic E-state index is -0.556. The van der Waals surface area contributed by atoms with E-state index in [1.165, 1.54) is 15.0 Å². The molecule has 1 amide bonds. The zero-order chi connectivity index (χ0) is 25.4. The van der Waals surface area contributed by atoms with Crippen LogP contribution in [0.4, 0.5) is 0 Å². The smallest absolute Gasteiger partial charge is 0.352 e. The van der Waals surface area contributed by atoms with Gasteiger partial charge in [-0.1, -0.05) is 43.7 Å². The van der Waals surface area contributed by atoms with Crippen molar-refractivity contribution >= 4 is 28.4 Å². The van der Waals surface area contributed by atoms with Crippen molar-refractivity contribution in [2.24, 2.45) is 5.92 Å². The maximum absolute atomic E-state index is 13.4. The molecule has 0 atom stereocenters. The second-order valence-electron chi connectivity index (χ2n) is 9.47. The second-order valence-corrected chi connectivity index (χ2v) is 9.47. The van der Waals surface area contributed by atoms with E-state index in [4.69, 9.17) is 0 Å². The minimum absolute atomic E-state index is 0.124. The highest BCUT2D eigenvalue weighted by Gasteiger charge is 2.21. The standard InChI is InChI=1S/C26H29N5O4/c1-15(2)13-27-23(33)19-10-11-20-21(12-19)31-25(30(16(3)4)24(20)34)28-29(26(31)35)14-22(32)18-8-6-17(5)7-9-18/h6-12,15-16H,13-14H2,1-5H3,(H,27,33). The molecule has 0 unspecified atom stereocenters. The van der Waals surface area contributed by atoms with Gasteiger partial charge in [-0.2, -0.15) is 0 Å². The Hall–Kier alpha value is -4.01. The summed E-state index contributed by atoms with van der Waals surface area (Å²) in [6.45, 7) is 9.78. The maximum Gasteiger partial charge on any atom is 0.352 e. The van der Waals surface area contributed by atoms with Crippen LogP contribution in [0.3, 0.4) is 0 Å². The van der Waals surface area contributed by atoms with Gasteiger partial charge in [0.25, 0.3) is 11.5 Å². The van der Waals surface area contributed by atoms with Gasteiger partial charge in [0.2, 0.25) is 5.78 Å². The van der Waals surface area contributed by atoms with Crippen LogP contribution in [0.15, 0.2) is 52.1 Å². The average molecular weight is 476 g/mol. The Morgan fingerprint density at radius 2 is 1.63 bits per heavy atom. The van der Waals surface area contributed by atoms with E-state index in [0.717, 1.165) is 10.2 Å². The number of hydrogen-bond donors (Lipinski definition) is 1. The lowest BCUT2D eigenvalue weighted by molar-refractivity contribution is 0.0946. The fourth-order valence-electron chi connectivity index (χ4n) is 3.96. The van der Waals surface area contributed by atoms with Crippen LogP contribution < -0.4 is 16.6 Å². The predicted octanol–water partition coefficient (Wildman–Crippen LogP) is 2.97. The SMILES string of the molecule is Cc1ccc(C(=O)Cn2nc3n(C(C)C)c(=O)c4ccc(C(=O)NCC(C)C)cc4n3c2=O)cc1. The normalized spacial score (nSPS) is 11.6. The van der Waals surface area contributed by atoms with Gasteiger partial charge in [-0.3, -0.25) is 19.0 Å². The number of aryl methyl sites for hydroxylation is 1. The molecule has 0 spiro atoms. The Balaban J connectivity index is 1.89. The number of fused-ring (bicyclic) bond motifs is 3. The Labute approximate surface area is 202 Å². The van der Waals surface area contributed by atoms with E-state index >= 15 is 0 Å². The van der Waals surface area contributed by atoms with E-state index in [-0.39, 0.29) is 52.4 Å². The molecule has 9 heteroatoms. The zero-order valence-electron chi connectivity index (χ0n) is 20.5. The lowest BCUT2D eigenvalue weighted by atomic mass is 10.1. The molecule has 0 saturated heterocycles. The number of hydrogen-bond acceptors (Lipinski definition) is 5. The molecule has 4 aromatic rings. The van der Waals surface area contributed by atoms with E-state index in [2.05, 4.69) is 10.4 Å². The molecule has 4 rings (SSSR count). The van der Waals surface area contributed by atoms with Gasteiger partial charge < -0.3 is 5.32 Å². The minimum Gasteiger partial charge on any atom is -0.352 e. The maximum atomic E-state index is 13.4. The summed E-state index contributed by atoms with van der Waals surface area (Å²) < 4.78 is 3.80. The highest BCUT2D eigenvalue weighted by atomic mass is 16.2. The largest absolute Gasteiger partial charge is 0.352 e. The van der Waals surface area contributed by atoms with Crippen molar-refractivity contribution < 1.29 is 9.59 Å². The number of carbonyl (C=O) groups is 2. The summed E-state index contributed by atoms with van der Waals surface area (Å²) in [7, 11) is 0. The summed E-state index contributed by atoms with van der Waals surface area (Å²) in [5.74, 6) is -0.168. The summed E-state index contributed by atoms with van der Waals surface area (Å²) in [4.78, 5) is 52.2. The third-order valence-electron chi connectivity index (χ3n) is 5.84. The summed E-state index contributed by atoms with van der Waals surface area (Å²) >= 11 is 0. The molecule has 0 aliphatic heterocycles. The number of aromatic nitrogens is 4. The monoisotopic (exact) mass is 475 g/mol. The topological polar surface area (TPSA) is 107 Å². The van der Waals surface area contributed by atoms with Crippen LogP contribution in [0, 0.1) is 12.8 Å². The number of nitrogens with zero attached hydrogens (tertiary/aromatic N) is 4. The van der Waals surface area contributed by atoms with Crippen molar-refractivity contribution in [2.45, 2.75) is 47.2 Å². The zero-order valence-corrected chi connectivity index (χ0v) is 20.5. The molecule has 0 radical (unpaired) electrons. The fraction of sp³-hybridized carbons (Fsp3) is 0.346. The Bertz CT molecular complexity index is 1560. The van der Waals surface area contributed by atoms with Gasteiger partial charge in [-0.15, -0.1) is 5.10 Å². The lowest BCUT2D eigenvalue weighted by Crippen LogP contribution is -2.29. The Morgan fingerprint density at radius 3 is 2.26 bits per heavy atom. The molecule has 2 aromatic heterocycles. The number of ketones is 1. The third-order valence-corrected chi connectivity index (χ3v) is 5.84. The molecule has 1 N–H and O–H groups in total. The first kappa shape index (κ1) is 24.1. The molecule has 35 heavy (non-hydrogen) atoms. The number of nitrogens with one attached hydrogen (secondary N) is 1.